The van der Waals surface area contributed by atoms with Gasteiger partial charge >= 0.3 is 0 Å². The van der Waals surface area contributed by atoms with Gasteiger partial charge in [0.25, 0.3) is 0 Å². The molecule has 0 bridgehead atoms. The number of hydrogen-bond acceptors (Lipinski definition) is 0. The average molecular weight is 1720 g/mol. The number of benzene rings is 20. The first-order valence-electron chi connectivity index (χ1n) is 48.2. The van der Waals surface area contributed by atoms with Crippen LogP contribution >= 0.6 is 0 Å². The van der Waals surface area contributed by atoms with E-state index in [2.05, 4.69) is 497 Å². The van der Waals surface area contributed by atoms with Crippen LogP contribution in [0.15, 0.2) is 370 Å². The lowest BCUT2D eigenvalue weighted by Crippen LogP contribution is -1.93. The second kappa shape index (κ2) is 53.2. The van der Waals surface area contributed by atoms with Gasteiger partial charge in [-0.3, -0.25) is 0 Å². The molecule has 0 unspecified atom stereocenters. The fourth-order valence-corrected chi connectivity index (χ4v) is 14.4. The summed E-state index contributed by atoms with van der Waals surface area (Å²) in [7, 11) is 0. The van der Waals surface area contributed by atoms with Gasteiger partial charge < -0.3 is 0 Å². The third-order valence-corrected chi connectivity index (χ3v) is 18.7. The highest BCUT2D eigenvalue weighted by Crippen LogP contribution is 2.47. The van der Waals surface area contributed by atoms with E-state index >= 15 is 0 Å². The maximum absolute atomic E-state index is 2.24. The molecule has 21 rings (SSSR count). The van der Waals surface area contributed by atoms with E-state index in [-0.39, 0.29) is 0 Å². The zero-order chi connectivity index (χ0) is 96.5. The minimum absolute atomic E-state index is 0.500. The van der Waals surface area contributed by atoms with Crippen LogP contribution in [-0.2, 0) is 0 Å². The van der Waals surface area contributed by atoms with Crippen LogP contribution in [-0.4, -0.2) is 0 Å². The van der Waals surface area contributed by atoms with Crippen molar-refractivity contribution >= 4 is 140 Å². The summed E-state index contributed by atoms with van der Waals surface area (Å²) < 4.78 is 0. The highest BCUT2D eigenvalue weighted by molar-refractivity contribution is 6.27. The summed E-state index contributed by atoms with van der Waals surface area (Å²) in [6.45, 7) is 69.8. The highest BCUT2D eigenvalue weighted by Gasteiger charge is 2.20. The van der Waals surface area contributed by atoms with Crippen molar-refractivity contribution in [2.24, 2.45) is 27.1 Å². The van der Waals surface area contributed by atoms with Gasteiger partial charge in [0, 0.05) is 0 Å². The standard InChI is InChI=1S/3C18H12.2C16H10.C7H8.5C5H12.6C2H6/c1-3-7-15-13(5-1)9-11-18-16-8-4-2-6-14(16)10-12-17(15)18;2*1-2-8-14-13(7-1)15-9-3-4-11-17(15)18-12-6-5-10-16(14)18;1-3-11-7-9-13-5-2-6-14-10-8-12(4-1)15(11)16(13)14;1-2-8-13-12(7-1)14-9-3-5-11-6-4-10-15(13)16(11)14;1-7-5-3-2-4-6-7;5*1-5(2,3)4;6*1-2/h3*1-12H;2*1-10H;2-6H,1H3;5*1-4H3;6*1-2H3. The van der Waals surface area contributed by atoms with Crippen LogP contribution in [0.25, 0.3) is 162 Å². The first-order valence-corrected chi connectivity index (χ1v) is 48.2. The number of aryl methyl sites for hydroxylation is 1. The molecule has 1 aliphatic rings. The molecule has 0 fully saturated rings. The molecule has 0 aromatic heterocycles. The molecule has 0 aliphatic heterocycles. The maximum atomic E-state index is 2.24. The van der Waals surface area contributed by atoms with E-state index in [0.29, 0.717) is 27.1 Å². The van der Waals surface area contributed by atoms with Crippen LogP contribution in [0.3, 0.4) is 0 Å². The highest BCUT2D eigenvalue weighted by atomic mass is 14.2. The fourth-order valence-electron chi connectivity index (χ4n) is 14.4. The Kier molecular flexibility index (Phi) is 44.5. The van der Waals surface area contributed by atoms with Gasteiger partial charge in [0.05, 0.1) is 0 Å². The Labute approximate surface area is 788 Å². The normalized spacial score (nSPS) is 10.7. The second-order valence-electron chi connectivity index (χ2n) is 39.1. The molecular formula is C130H160. The van der Waals surface area contributed by atoms with Gasteiger partial charge in [-0.2, -0.15) is 0 Å². The van der Waals surface area contributed by atoms with Crippen molar-refractivity contribution in [3.8, 4) is 22.3 Å². The molecule has 0 saturated carbocycles. The Hall–Kier alpha value is -12.0. The zero-order valence-corrected chi connectivity index (χ0v) is 86.2. The molecule has 20 aromatic carbocycles. The summed E-state index contributed by atoms with van der Waals surface area (Å²) in [5.41, 5.74) is 9.32. The van der Waals surface area contributed by atoms with Crippen molar-refractivity contribution in [3.05, 3.63) is 376 Å². The van der Waals surface area contributed by atoms with Gasteiger partial charge in [-0.05, 0) is 196 Å². The molecule has 0 atom stereocenters. The van der Waals surface area contributed by atoms with E-state index in [4.69, 9.17) is 0 Å². The molecule has 0 nitrogen and oxygen atoms in total. The van der Waals surface area contributed by atoms with Gasteiger partial charge in [-0.25, -0.2) is 0 Å². The summed E-state index contributed by atoms with van der Waals surface area (Å²) in [6.07, 6.45) is 0. The minimum Gasteiger partial charge on any atom is -0.0683 e. The van der Waals surface area contributed by atoms with Gasteiger partial charge in [0.2, 0.25) is 0 Å². The monoisotopic (exact) mass is 1720 g/mol. The van der Waals surface area contributed by atoms with Crippen LogP contribution in [0.1, 0.15) is 227 Å². The van der Waals surface area contributed by atoms with Crippen LogP contribution in [0.5, 0.6) is 0 Å². The Morgan fingerprint density at radius 1 is 0.115 bits per heavy atom. The topological polar surface area (TPSA) is 0 Å². The molecule has 0 amide bonds. The molecular weight excluding hydrogens is 1560 g/mol. The number of fused-ring (bicyclic) bond motifs is 20. The maximum Gasteiger partial charge on any atom is -0.00264 e. The third kappa shape index (κ3) is 33.2. The lowest BCUT2D eigenvalue weighted by molar-refractivity contribution is 0.469. The molecule has 0 saturated heterocycles. The lowest BCUT2D eigenvalue weighted by Gasteiger charge is -2.09. The second-order valence-corrected chi connectivity index (χ2v) is 39.1. The number of hydrogen-bond donors (Lipinski definition) is 0. The predicted molar refractivity (Wildman–Crippen MR) is 600 cm³/mol. The van der Waals surface area contributed by atoms with Crippen molar-refractivity contribution in [3.63, 3.8) is 0 Å². The quantitative estimate of drug-likeness (QED) is 0.133. The van der Waals surface area contributed by atoms with Crippen LogP contribution in [0, 0.1) is 34.0 Å². The smallest absolute Gasteiger partial charge is 0.00264 e. The van der Waals surface area contributed by atoms with E-state index in [1.807, 2.05) is 101 Å². The first-order chi connectivity index (χ1) is 62.1. The molecule has 130 heavy (non-hydrogen) atoms. The zero-order valence-electron chi connectivity index (χ0n) is 86.2. The molecule has 0 spiro atoms. The van der Waals surface area contributed by atoms with Gasteiger partial charge in [0.1, 0.15) is 0 Å². The molecule has 20 aromatic rings. The molecule has 0 heteroatoms. The van der Waals surface area contributed by atoms with Crippen LogP contribution < -0.4 is 0 Å². The fraction of sp³-hybridized carbons (Fsp3) is 0.292. The van der Waals surface area contributed by atoms with E-state index in [9.17, 15) is 0 Å². The van der Waals surface area contributed by atoms with Gasteiger partial charge in [0.15, 0.2) is 0 Å². The minimum atomic E-state index is 0.500. The predicted octanol–water partition coefficient (Wildman–Crippen LogP) is 42.9. The molecule has 0 heterocycles. The van der Waals surface area contributed by atoms with E-state index in [1.165, 1.54) is 168 Å². The molecule has 1 aliphatic carbocycles. The Balaban J connectivity index is 0.000000259. The third-order valence-electron chi connectivity index (χ3n) is 18.7. The van der Waals surface area contributed by atoms with Crippen molar-refractivity contribution in [2.75, 3.05) is 0 Å². The summed E-state index contributed by atoms with van der Waals surface area (Å²) in [5, 5.41) is 34.9. The van der Waals surface area contributed by atoms with Crippen LogP contribution in [0.4, 0.5) is 0 Å². The van der Waals surface area contributed by atoms with Crippen molar-refractivity contribution in [2.45, 2.75) is 228 Å². The van der Waals surface area contributed by atoms with Gasteiger partial charge in [-0.1, -0.05) is 597 Å². The van der Waals surface area contributed by atoms with E-state index < -0.39 is 0 Å². The van der Waals surface area contributed by atoms with Crippen molar-refractivity contribution < 1.29 is 0 Å². The summed E-state index contributed by atoms with van der Waals surface area (Å²) in [6, 6.07) is 132. The Bertz CT molecular complexity index is 5730. The molecule has 0 radical (unpaired) electrons. The van der Waals surface area contributed by atoms with Crippen molar-refractivity contribution in [1.82, 2.24) is 0 Å². The summed E-state index contributed by atoms with van der Waals surface area (Å²) >= 11 is 0. The molecule has 680 valence electrons. The average Bonchev–Trinajstić information content (AvgIpc) is 1.50. The SMILES string of the molecule is CC.CC.CC.CC.CC.CC.CC(C)(C)C.CC(C)(C)C.CC(C)(C)C.CC(C)(C)C.CC(C)(C)C.Cc1ccccc1.c1cc2ccc3cccc4ccc(c1)c2c34.c1ccc2c(c1)-c1cccc3cccc-2c13.c1ccc2c(c1)c1ccccc1c1ccccc21.c1ccc2c(c1)c1ccccc1c1ccccc21.c1ccc2c(c1)ccc1c3ccccc3ccc21. The summed E-state index contributed by atoms with van der Waals surface area (Å²) in [4.78, 5) is 0. The first kappa shape index (κ1) is 109. The van der Waals surface area contributed by atoms with Crippen LogP contribution in [0.2, 0.25) is 0 Å². The van der Waals surface area contributed by atoms with Crippen molar-refractivity contribution in [1.29, 1.82) is 0 Å². The largest absolute Gasteiger partial charge is 0.0683 e. The van der Waals surface area contributed by atoms with Gasteiger partial charge in [-0.15, -0.1) is 0 Å². The number of rotatable bonds is 0. The molecule has 0 N–H and O–H groups in total. The Morgan fingerprint density at radius 2 is 0.254 bits per heavy atom. The summed E-state index contributed by atoms with van der Waals surface area (Å²) in [5.74, 6) is 0. The lowest BCUT2D eigenvalue weighted by atomic mass is 9.95. The van der Waals surface area contributed by atoms with E-state index in [1.54, 1.807) is 0 Å². The van der Waals surface area contributed by atoms with E-state index in [0.717, 1.165) is 0 Å². The Morgan fingerprint density at radius 3 is 0.454 bits per heavy atom.